The third-order valence-electron chi connectivity index (χ3n) is 25.0. The number of hydrogen-bond acceptors (Lipinski definition) is 9. The van der Waals surface area contributed by atoms with Crippen molar-refractivity contribution in [1.82, 2.24) is 0 Å². The van der Waals surface area contributed by atoms with Crippen LogP contribution in [0.3, 0.4) is 0 Å². The molecule has 123 heavy (non-hydrogen) atoms. The summed E-state index contributed by atoms with van der Waals surface area (Å²) in [7, 11) is 10.3. The maximum Gasteiger partial charge on any atom is 0.119 e. The molecule has 0 amide bonds. The molecule has 9 heteroatoms. The normalized spacial score (nSPS) is 11.7. The van der Waals surface area contributed by atoms with E-state index in [-0.39, 0.29) is 0 Å². The number of ether oxygens (including phenoxy) is 6. The van der Waals surface area contributed by atoms with E-state index < -0.39 is 0 Å². The first-order valence-corrected chi connectivity index (χ1v) is 41.5. The molecule has 9 nitrogen and oxygen atoms in total. The largest absolute Gasteiger partial charge is 0.497 e. The summed E-state index contributed by atoms with van der Waals surface area (Å²) in [4.78, 5) is 6.92. The van der Waals surface area contributed by atoms with Crippen LogP contribution < -0.4 is 43.1 Å². The minimum absolute atomic E-state index is 0.765. The van der Waals surface area contributed by atoms with Crippen molar-refractivity contribution < 1.29 is 28.4 Å². The Morgan fingerprint density at radius 1 is 0.138 bits per heavy atom. The molecule has 0 saturated heterocycles. The van der Waals surface area contributed by atoms with Gasteiger partial charge in [-0.15, -0.1) is 0 Å². The number of anilines is 9. The highest BCUT2D eigenvalue weighted by Crippen LogP contribution is 2.59. The first kappa shape index (κ1) is 73.5. The van der Waals surface area contributed by atoms with Crippen LogP contribution in [0, 0.1) is 0 Å². The Bertz CT molecular complexity index is 7420. The molecule has 588 valence electrons. The lowest BCUT2D eigenvalue weighted by Gasteiger charge is -2.31. The van der Waals surface area contributed by atoms with E-state index in [2.05, 4.69) is 324 Å². The highest BCUT2D eigenvalue weighted by atomic mass is 16.5. The Morgan fingerprint density at radius 2 is 0.276 bits per heavy atom. The molecule has 22 aromatic carbocycles. The monoisotopic (exact) mass is 1590 g/mol. The van der Waals surface area contributed by atoms with E-state index in [0.29, 0.717) is 0 Å². The van der Waals surface area contributed by atoms with Crippen LogP contribution in [0.5, 0.6) is 34.5 Å². The van der Waals surface area contributed by atoms with Gasteiger partial charge < -0.3 is 43.1 Å². The highest BCUT2D eigenvalue weighted by Gasteiger charge is 2.33. The van der Waals surface area contributed by atoms with E-state index in [9.17, 15) is 0 Å². The molecule has 0 spiro atoms. The summed E-state index contributed by atoms with van der Waals surface area (Å²) in [5.74, 6) is 4.60. The molecule has 0 aliphatic carbocycles. The maximum atomic E-state index is 5.81. The molecule has 22 rings (SSSR count). The molecule has 0 atom stereocenters. The third-order valence-corrected chi connectivity index (χ3v) is 25.0. The third kappa shape index (κ3) is 12.6. The van der Waals surface area contributed by atoms with E-state index in [0.717, 1.165) is 185 Å². The van der Waals surface area contributed by atoms with E-state index in [1.807, 2.05) is 72.8 Å². The number of benzene rings is 22. The minimum atomic E-state index is 0.765. The molecule has 0 N–H and O–H groups in total. The molecule has 22 aromatic rings. The molecule has 0 heterocycles. The predicted molar refractivity (Wildman–Crippen MR) is 514 cm³/mol. The fraction of sp³-hybridized carbons (Fsp3) is 0.0526. The number of hydrogen-bond donors (Lipinski definition) is 0. The zero-order valence-corrected chi connectivity index (χ0v) is 68.7. The van der Waals surface area contributed by atoms with Gasteiger partial charge in [-0.25, -0.2) is 0 Å². The van der Waals surface area contributed by atoms with E-state index in [4.69, 9.17) is 28.4 Å². The fourth-order valence-electron chi connectivity index (χ4n) is 19.2. The molecule has 0 unspecified atom stereocenters. The second kappa shape index (κ2) is 30.2. The zero-order valence-electron chi connectivity index (χ0n) is 68.7. The van der Waals surface area contributed by atoms with Crippen molar-refractivity contribution >= 4 is 148 Å². The Hall–Kier alpha value is -15.8. The quantitative estimate of drug-likeness (QED) is 0.0655. The van der Waals surface area contributed by atoms with Crippen LogP contribution in [0.2, 0.25) is 0 Å². The zero-order chi connectivity index (χ0) is 82.5. The van der Waals surface area contributed by atoms with Crippen LogP contribution in [0.4, 0.5) is 51.2 Å². The van der Waals surface area contributed by atoms with Crippen LogP contribution in [-0.4, -0.2) is 42.7 Å². The Balaban J connectivity index is 0.920. The Labute approximate surface area is 712 Å². The molecule has 0 radical (unpaired) electrons. The first-order valence-electron chi connectivity index (χ1n) is 41.5. The Morgan fingerprint density at radius 3 is 0.439 bits per heavy atom. The van der Waals surface area contributed by atoms with Crippen molar-refractivity contribution in [1.29, 1.82) is 0 Å². The summed E-state index contributed by atoms with van der Waals surface area (Å²) in [6, 6.07) is 141. The molecule has 0 aliphatic rings. The van der Waals surface area contributed by atoms with Crippen molar-refractivity contribution in [2.24, 2.45) is 0 Å². The average Bonchev–Trinajstić information content (AvgIpc) is 0.695. The predicted octanol–water partition coefficient (Wildman–Crippen LogP) is 30.8. The van der Waals surface area contributed by atoms with Gasteiger partial charge in [0, 0.05) is 51.2 Å². The van der Waals surface area contributed by atoms with Gasteiger partial charge in [0.05, 0.1) is 42.7 Å². The molecule has 0 aliphatic heterocycles. The molecular formula is C114H81N3O6. The first-order chi connectivity index (χ1) is 60.6. The SMILES string of the molecule is COc1ccc(N(c2ccc(OC)cc2)c2ccc(-c3c(-c4ccc(N(c5ccc(OC)cc5)c5ccc(OC)cc5)cc4)c(-c4cc5ccc6cccc7ccc(c4)c5c67)c(-c4cc5ccc6cccc7ccc(c4)c5c67)c(-c4ccc(N(c5ccc(OC)cc5)c5ccc(OC)cc5)cc4)c3-c3cc4ccc5cccc6ccc(c3)c4c56)cc2)cc1. The van der Waals surface area contributed by atoms with Gasteiger partial charge in [-0.1, -0.05) is 164 Å². The van der Waals surface area contributed by atoms with Crippen molar-refractivity contribution in [2.45, 2.75) is 0 Å². The van der Waals surface area contributed by atoms with Gasteiger partial charge in [-0.2, -0.15) is 0 Å². The van der Waals surface area contributed by atoms with E-state index >= 15 is 0 Å². The smallest absolute Gasteiger partial charge is 0.119 e. The van der Waals surface area contributed by atoms with Gasteiger partial charge >= 0.3 is 0 Å². The minimum Gasteiger partial charge on any atom is -0.497 e. The molecule has 0 saturated carbocycles. The summed E-state index contributed by atoms with van der Waals surface area (Å²) in [6.45, 7) is 0. The van der Waals surface area contributed by atoms with E-state index in [1.54, 1.807) is 42.7 Å². The van der Waals surface area contributed by atoms with Crippen molar-refractivity contribution in [3.8, 4) is 101 Å². The van der Waals surface area contributed by atoms with Crippen molar-refractivity contribution in [3.63, 3.8) is 0 Å². The standard InChI is InChI=1S/C114H81N3O6/c1-118-97-52-40-91(41-53-97)115(92-42-54-98(119-2)55-43-92)88-34-28-76(29-35-88)109-110(77-30-36-89(37-31-77)116(93-44-56-99(120-3)57-45-93)94-46-58-100(121-4)59-47-94)113(86-66-81-24-18-72-12-8-13-73-19-25-82(67-86)107(81)104(72)73)114(87-68-83-26-20-74-14-9-15-75-21-27-84(69-87)108(83)105(74)75)111(112(109)85-64-79-22-16-70-10-7-11-71-17-23-80(65-85)106(79)103(70)71)78-32-38-90(39-33-78)117(95-48-60-101(122-5)61-49-95)96-50-62-102(123-6)63-51-96/h7-69H,1-6H3. The maximum absolute atomic E-state index is 5.81. The van der Waals surface area contributed by atoms with Crippen LogP contribution in [-0.2, 0) is 0 Å². The molecule has 0 bridgehead atoms. The van der Waals surface area contributed by atoms with Gasteiger partial charge in [-0.3, -0.25) is 0 Å². The van der Waals surface area contributed by atoms with Crippen LogP contribution in [0.25, 0.3) is 164 Å². The van der Waals surface area contributed by atoms with Gasteiger partial charge in [0.15, 0.2) is 0 Å². The topological polar surface area (TPSA) is 65.1 Å². The summed E-state index contributed by atoms with van der Waals surface area (Å²) in [5.41, 5.74) is 21.2. The summed E-state index contributed by atoms with van der Waals surface area (Å²) in [6.07, 6.45) is 0. The van der Waals surface area contributed by atoms with Gasteiger partial charge in [0.1, 0.15) is 34.5 Å². The van der Waals surface area contributed by atoms with Gasteiger partial charge in [0.2, 0.25) is 0 Å². The number of rotatable bonds is 21. The van der Waals surface area contributed by atoms with E-state index in [1.165, 1.54) is 64.6 Å². The van der Waals surface area contributed by atoms with Gasteiger partial charge in [0.25, 0.3) is 0 Å². The van der Waals surface area contributed by atoms with Crippen LogP contribution in [0.15, 0.2) is 382 Å². The van der Waals surface area contributed by atoms with Gasteiger partial charge in [-0.05, 0) is 382 Å². The number of methoxy groups -OCH3 is 6. The summed E-state index contributed by atoms with van der Waals surface area (Å²) >= 11 is 0. The summed E-state index contributed by atoms with van der Waals surface area (Å²) < 4.78 is 34.8. The molecule has 0 aromatic heterocycles. The van der Waals surface area contributed by atoms with Crippen LogP contribution >= 0.6 is 0 Å². The van der Waals surface area contributed by atoms with Crippen molar-refractivity contribution in [2.75, 3.05) is 57.4 Å². The molecular weight excluding hydrogens is 1510 g/mol. The fourth-order valence-corrected chi connectivity index (χ4v) is 19.2. The number of nitrogens with zero attached hydrogens (tertiary/aromatic N) is 3. The highest BCUT2D eigenvalue weighted by molar-refractivity contribution is 6.29. The lowest BCUT2D eigenvalue weighted by atomic mass is 9.73. The lowest BCUT2D eigenvalue weighted by Crippen LogP contribution is -2.10. The molecule has 0 fully saturated rings. The van der Waals surface area contributed by atoms with Crippen molar-refractivity contribution in [3.05, 3.63) is 382 Å². The lowest BCUT2D eigenvalue weighted by molar-refractivity contribution is 0.414. The van der Waals surface area contributed by atoms with Crippen LogP contribution in [0.1, 0.15) is 0 Å². The second-order valence-corrected chi connectivity index (χ2v) is 31.6. The summed E-state index contributed by atoms with van der Waals surface area (Å²) in [5, 5.41) is 21.6. The Kier molecular flexibility index (Phi) is 18.1. The average molecular weight is 1590 g/mol. The second-order valence-electron chi connectivity index (χ2n) is 31.6.